The molecule has 5 nitrogen and oxygen atoms in total. The smallest absolute Gasteiger partial charge is 0.271 e. The molecule has 0 unspecified atom stereocenters. The fourth-order valence-electron chi connectivity index (χ4n) is 1.87. The van der Waals surface area contributed by atoms with E-state index in [2.05, 4.69) is 5.32 Å². The number of hydrogen-bond acceptors (Lipinski definition) is 3. The maximum absolute atomic E-state index is 11.9. The number of anilines is 1. The van der Waals surface area contributed by atoms with Crippen molar-refractivity contribution in [3.05, 3.63) is 69.2 Å². The van der Waals surface area contributed by atoms with E-state index in [4.69, 9.17) is 11.6 Å². The normalized spacial score (nSPS) is 10.1. The lowest BCUT2D eigenvalue weighted by molar-refractivity contribution is -0.384. The van der Waals surface area contributed by atoms with Gasteiger partial charge < -0.3 is 5.32 Å². The van der Waals surface area contributed by atoms with Gasteiger partial charge in [-0.25, -0.2) is 0 Å². The zero-order chi connectivity index (χ0) is 15.2. The predicted molar refractivity (Wildman–Crippen MR) is 81.5 cm³/mol. The Morgan fingerprint density at radius 1 is 1.19 bits per heavy atom. The number of rotatable bonds is 5. The van der Waals surface area contributed by atoms with Crippen molar-refractivity contribution in [2.24, 2.45) is 0 Å². The first-order valence-electron chi connectivity index (χ1n) is 6.34. The minimum Gasteiger partial charge on any atom is -0.326 e. The van der Waals surface area contributed by atoms with Gasteiger partial charge >= 0.3 is 0 Å². The highest BCUT2D eigenvalue weighted by molar-refractivity contribution is 6.31. The maximum atomic E-state index is 11.9. The highest BCUT2D eigenvalue weighted by Crippen LogP contribution is 2.19. The third-order valence-corrected chi connectivity index (χ3v) is 3.29. The topological polar surface area (TPSA) is 72.2 Å². The van der Waals surface area contributed by atoms with Crippen LogP contribution in [0.2, 0.25) is 5.02 Å². The van der Waals surface area contributed by atoms with Crippen LogP contribution >= 0.6 is 11.6 Å². The molecule has 1 amide bonds. The maximum Gasteiger partial charge on any atom is 0.271 e. The highest BCUT2D eigenvalue weighted by atomic mass is 35.5. The van der Waals surface area contributed by atoms with Gasteiger partial charge in [0.2, 0.25) is 5.91 Å². The number of nitro benzene ring substituents is 1. The number of halogens is 1. The average molecular weight is 305 g/mol. The number of nitrogens with one attached hydrogen (secondary N) is 1. The number of amides is 1. The van der Waals surface area contributed by atoms with Gasteiger partial charge in [-0.2, -0.15) is 0 Å². The number of nitrogens with zero attached hydrogens (tertiary/aromatic N) is 1. The third kappa shape index (κ3) is 4.29. The van der Waals surface area contributed by atoms with Gasteiger partial charge in [0.05, 0.1) is 4.92 Å². The fraction of sp³-hybridized carbons (Fsp3) is 0.133. The van der Waals surface area contributed by atoms with Gasteiger partial charge in [-0.1, -0.05) is 35.9 Å². The van der Waals surface area contributed by atoms with E-state index in [0.29, 0.717) is 17.1 Å². The standard InChI is InChI=1S/C15H13ClN2O3/c16-14-7-2-1-4-11(14)8-9-15(19)17-12-5-3-6-13(10-12)18(20)21/h1-7,10H,8-9H2,(H,17,19). The van der Waals surface area contributed by atoms with Crippen LogP contribution in [-0.2, 0) is 11.2 Å². The van der Waals surface area contributed by atoms with Crippen LogP contribution in [0.25, 0.3) is 0 Å². The van der Waals surface area contributed by atoms with Gasteiger partial charge in [0.15, 0.2) is 0 Å². The van der Waals surface area contributed by atoms with Gasteiger partial charge in [-0.05, 0) is 24.1 Å². The minimum atomic E-state index is -0.501. The van der Waals surface area contributed by atoms with Crippen molar-refractivity contribution in [1.29, 1.82) is 0 Å². The second-order valence-electron chi connectivity index (χ2n) is 4.45. The summed E-state index contributed by atoms with van der Waals surface area (Å²) in [4.78, 5) is 22.0. The van der Waals surface area contributed by atoms with E-state index in [1.807, 2.05) is 18.2 Å². The Balaban J connectivity index is 1.95. The van der Waals surface area contributed by atoms with Crippen LogP contribution in [0.5, 0.6) is 0 Å². The van der Waals surface area contributed by atoms with Gasteiger partial charge in [-0.3, -0.25) is 14.9 Å². The van der Waals surface area contributed by atoms with E-state index in [0.717, 1.165) is 5.56 Å². The van der Waals surface area contributed by atoms with Crippen LogP contribution in [0.3, 0.4) is 0 Å². The van der Waals surface area contributed by atoms with E-state index in [1.165, 1.54) is 18.2 Å². The summed E-state index contributed by atoms with van der Waals surface area (Å²) in [5, 5.41) is 13.9. The summed E-state index contributed by atoms with van der Waals surface area (Å²) in [7, 11) is 0. The van der Waals surface area contributed by atoms with Gasteiger partial charge in [-0.15, -0.1) is 0 Å². The van der Waals surface area contributed by atoms with E-state index in [1.54, 1.807) is 12.1 Å². The van der Waals surface area contributed by atoms with Crippen LogP contribution < -0.4 is 5.32 Å². The molecule has 0 bridgehead atoms. The summed E-state index contributed by atoms with van der Waals surface area (Å²) < 4.78 is 0. The summed E-state index contributed by atoms with van der Waals surface area (Å²) in [6, 6.07) is 13.2. The molecular weight excluding hydrogens is 292 g/mol. The monoisotopic (exact) mass is 304 g/mol. The number of nitro groups is 1. The lowest BCUT2D eigenvalue weighted by Gasteiger charge is -2.06. The van der Waals surface area contributed by atoms with Gasteiger partial charge in [0.1, 0.15) is 0 Å². The molecule has 0 atom stereocenters. The molecule has 2 aromatic rings. The second kappa shape index (κ2) is 6.85. The second-order valence-corrected chi connectivity index (χ2v) is 4.85. The number of non-ortho nitro benzene ring substituents is 1. The molecule has 0 radical (unpaired) electrons. The summed E-state index contributed by atoms with van der Waals surface area (Å²) in [6.45, 7) is 0. The largest absolute Gasteiger partial charge is 0.326 e. The Bertz CT molecular complexity index is 673. The SMILES string of the molecule is O=C(CCc1ccccc1Cl)Nc1cccc([N+](=O)[O-])c1. The van der Waals surface area contributed by atoms with Crippen LogP contribution in [0.1, 0.15) is 12.0 Å². The highest BCUT2D eigenvalue weighted by Gasteiger charge is 2.09. The van der Waals surface area contributed by atoms with Crippen molar-refractivity contribution in [2.75, 3.05) is 5.32 Å². The first-order valence-corrected chi connectivity index (χ1v) is 6.72. The zero-order valence-electron chi connectivity index (χ0n) is 11.1. The zero-order valence-corrected chi connectivity index (χ0v) is 11.8. The molecule has 6 heteroatoms. The summed E-state index contributed by atoms with van der Waals surface area (Å²) in [6.07, 6.45) is 0.771. The number of aryl methyl sites for hydroxylation is 1. The van der Waals surface area contributed by atoms with Crippen LogP contribution in [0.15, 0.2) is 48.5 Å². The average Bonchev–Trinajstić information content (AvgIpc) is 2.46. The number of hydrogen-bond donors (Lipinski definition) is 1. The molecule has 0 spiro atoms. The first-order chi connectivity index (χ1) is 10.1. The molecule has 0 aliphatic carbocycles. The molecule has 108 valence electrons. The molecule has 0 aliphatic heterocycles. The van der Waals surface area contributed by atoms with Gasteiger partial charge in [0.25, 0.3) is 5.69 Å². The molecule has 0 fully saturated rings. The third-order valence-electron chi connectivity index (χ3n) is 2.92. The lowest BCUT2D eigenvalue weighted by Crippen LogP contribution is -2.12. The van der Waals surface area contributed by atoms with E-state index >= 15 is 0 Å². The molecule has 2 aromatic carbocycles. The Hall–Kier alpha value is -2.40. The summed E-state index contributed by atoms with van der Waals surface area (Å²) in [5.41, 5.74) is 1.25. The van der Waals surface area contributed by atoms with E-state index in [-0.39, 0.29) is 18.0 Å². The fourth-order valence-corrected chi connectivity index (χ4v) is 2.10. The number of benzene rings is 2. The van der Waals surface area contributed by atoms with Crippen molar-refractivity contribution in [2.45, 2.75) is 12.8 Å². The minimum absolute atomic E-state index is 0.0566. The van der Waals surface area contributed by atoms with Crippen LogP contribution in [0, 0.1) is 10.1 Å². The Morgan fingerprint density at radius 2 is 1.95 bits per heavy atom. The van der Waals surface area contributed by atoms with Crippen LogP contribution in [-0.4, -0.2) is 10.8 Å². The molecule has 1 N–H and O–H groups in total. The predicted octanol–water partition coefficient (Wildman–Crippen LogP) is 3.82. The molecule has 2 rings (SSSR count). The van der Waals surface area contributed by atoms with Gasteiger partial charge in [0, 0.05) is 29.3 Å². The Kier molecular flexibility index (Phi) is 4.90. The van der Waals surface area contributed by atoms with Crippen molar-refractivity contribution in [1.82, 2.24) is 0 Å². The summed E-state index contributed by atoms with van der Waals surface area (Å²) in [5.74, 6) is -0.213. The van der Waals surface area contributed by atoms with Crippen molar-refractivity contribution in [3.8, 4) is 0 Å². The quantitative estimate of drug-likeness (QED) is 0.674. The molecule has 0 saturated carbocycles. The number of carbonyl (C=O) groups excluding carboxylic acids is 1. The lowest BCUT2D eigenvalue weighted by atomic mass is 10.1. The van der Waals surface area contributed by atoms with E-state index < -0.39 is 4.92 Å². The Morgan fingerprint density at radius 3 is 2.67 bits per heavy atom. The first kappa shape index (κ1) is 15.0. The van der Waals surface area contributed by atoms with Crippen LogP contribution in [0.4, 0.5) is 11.4 Å². The molecule has 21 heavy (non-hydrogen) atoms. The van der Waals surface area contributed by atoms with Crippen molar-refractivity contribution >= 4 is 28.9 Å². The number of carbonyl (C=O) groups is 1. The van der Waals surface area contributed by atoms with E-state index in [9.17, 15) is 14.9 Å². The molecular formula is C15H13ClN2O3. The summed E-state index contributed by atoms with van der Waals surface area (Å²) >= 11 is 6.02. The molecule has 0 saturated heterocycles. The van der Waals surface area contributed by atoms with Crippen molar-refractivity contribution < 1.29 is 9.72 Å². The van der Waals surface area contributed by atoms with Crippen molar-refractivity contribution in [3.63, 3.8) is 0 Å². The molecule has 0 heterocycles. The molecule has 0 aliphatic rings. The Labute approximate surface area is 126 Å². The molecule has 0 aromatic heterocycles.